The third-order valence-corrected chi connectivity index (χ3v) is 3.62. The van der Waals surface area contributed by atoms with Gasteiger partial charge in [0.2, 0.25) is 5.91 Å². The van der Waals surface area contributed by atoms with E-state index in [1.54, 1.807) is 6.07 Å². The van der Waals surface area contributed by atoms with E-state index in [1.807, 2.05) is 23.8 Å². The molecule has 0 saturated carbocycles. The monoisotopic (exact) mass is 315 g/mol. The zero-order chi connectivity index (χ0) is 14.5. The van der Waals surface area contributed by atoms with E-state index in [4.69, 9.17) is 0 Å². The highest BCUT2D eigenvalue weighted by atomic mass is 35.5. The van der Waals surface area contributed by atoms with Gasteiger partial charge in [-0.3, -0.25) is 9.69 Å². The maximum atomic E-state index is 13.1. The smallest absolute Gasteiger partial charge is 0.236 e. The number of amides is 1. The van der Waals surface area contributed by atoms with Gasteiger partial charge in [-0.1, -0.05) is 6.07 Å². The van der Waals surface area contributed by atoms with E-state index in [9.17, 15) is 9.18 Å². The molecule has 0 bridgehead atoms. The lowest BCUT2D eigenvalue weighted by atomic mass is 10.1. The number of nitrogens with one attached hydrogen (secondary N) is 1. The third kappa shape index (κ3) is 5.26. The number of rotatable bonds is 4. The van der Waals surface area contributed by atoms with Crippen molar-refractivity contribution in [2.45, 2.75) is 13.5 Å². The summed E-state index contributed by atoms with van der Waals surface area (Å²) in [6.45, 7) is 6.24. The summed E-state index contributed by atoms with van der Waals surface area (Å²) in [4.78, 5) is 16.0. The first-order valence-electron chi connectivity index (χ1n) is 6.98. The molecule has 0 aliphatic carbocycles. The van der Waals surface area contributed by atoms with Crippen LogP contribution in [-0.4, -0.2) is 55.5 Å². The van der Waals surface area contributed by atoms with Crippen LogP contribution in [0.25, 0.3) is 0 Å². The Morgan fingerprint density at radius 2 is 2.05 bits per heavy atom. The number of piperazine rings is 1. The second-order valence-electron chi connectivity index (χ2n) is 5.37. The molecule has 1 saturated heterocycles. The van der Waals surface area contributed by atoms with Gasteiger partial charge in [0.15, 0.2) is 0 Å². The highest BCUT2D eigenvalue weighted by Crippen LogP contribution is 2.12. The Hall–Kier alpha value is -1.17. The van der Waals surface area contributed by atoms with Gasteiger partial charge in [-0.25, -0.2) is 4.39 Å². The molecule has 0 atom stereocenters. The topological polar surface area (TPSA) is 35.6 Å². The number of benzene rings is 1. The Morgan fingerprint density at radius 3 is 2.67 bits per heavy atom. The Bertz CT molecular complexity index is 478. The van der Waals surface area contributed by atoms with Gasteiger partial charge < -0.3 is 10.2 Å². The molecule has 4 nitrogen and oxygen atoms in total. The molecule has 1 amide bonds. The predicted molar refractivity (Wildman–Crippen MR) is 84.2 cm³/mol. The van der Waals surface area contributed by atoms with Crippen LogP contribution in [0.5, 0.6) is 0 Å². The van der Waals surface area contributed by atoms with Crippen LogP contribution in [0.2, 0.25) is 0 Å². The lowest BCUT2D eigenvalue weighted by Crippen LogP contribution is -2.49. The Morgan fingerprint density at radius 1 is 1.38 bits per heavy atom. The Balaban J connectivity index is 0.00000220. The standard InChI is InChI=1S/C15H22FN3O.ClH/c1-12-9-14(16)4-3-13(12)10-18(2)11-15(20)19-7-5-17-6-8-19;/h3-4,9,17H,5-8,10-11H2,1-2H3;1H. The molecule has 1 aliphatic heterocycles. The minimum atomic E-state index is -0.217. The summed E-state index contributed by atoms with van der Waals surface area (Å²) in [5.74, 6) is -0.0560. The van der Waals surface area contributed by atoms with Crippen molar-refractivity contribution in [3.8, 4) is 0 Å². The summed E-state index contributed by atoms with van der Waals surface area (Å²) in [6, 6.07) is 4.78. The minimum absolute atomic E-state index is 0. The fraction of sp³-hybridized carbons (Fsp3) is 0.533. The summed E-state index contributed by atoms with van der Waals surface area (Å²) in [5, 5.41) is 3.23. The molecule has 21 heavy (non-hydrogen) atoms. The number of carbonyl (C=O) groups excluding carboxylic acids is 1. The summed E-state index contributed by atoms with van der Waals surface area (Å²) in [6.07, 6.45) is 0. The molecule has 118 valence electrons. The second-order valence-corrected chi connectivity index (χ2v) is 5.37. The lowest BCUT2D eigenvalue weighted by Gasteiger charge is -2.29. The average molecular weight is 316 g/mol. The summed E-state index contributed by atoms with van der Waals surface area (Å²) in [5.41, 5.74) is 1.98. The van der Waals surface area contributed by atoms with Crippen molar-refractivity contribution in [2.24, 2.45) is 0 Å². The highest BCUT2D eigenvalue weighted by Gasteiger charge is 2.17. The van der Waals surface area contributed by atoms with Gasteiger partial charge in [-0.05, 0) is 37.2 Å². The first-order valence-corrected chi connectivity index (χ1v) is 6.98. The zero-order valence-electron chi connectivity index (χ0n) is 12.6. The van der Waals surface area contributed by atoms with Crippen molar-refractivity contribution < 1.29 is 9.18 Å². The molecular weight excluding hydrogens is 293 g/mol. The number of halogens is 2. The van der Waals surface area contributed by atoms with E-state index in [-0.39, 0.29) is 24.1 Å². The van der Waals surface area contributed by atoms with E-state index < -0.39 is 0 Å². The van der Waals surface area contributed by atoms with E-state index in [1.165, 1.54) is 12.1 Å². The largest absolute Gasteiger partial charge is 0.339 e. The highest BCUT2D eigenvalue weighted by molar-refractivity contribution is 5.85. The van der Waals surface area contributed by atoms with Gasteiger partial charge in [-0.2, -0.15) is 0 Å². The number of likely N-dealkylation sites (N-methyl/N-ethyl adjacent to an activating group) is 1. The molecule has 1 fully saturated rings. The molecule has 1 heterocycles. The van der Waals surface area contributed by atoms with Crippen LogP contribution in [0.15, 0.2) is 18.2 Å². The predicted octanol–water partition coefficient (Wildman–Crippen LogP) is 1.42. The van der Waals surface area contributed by atoms with E-state index >= 15 is 0 Å². The number of hydrogen-bond donors (Lipinski definition) is 1. The molecule has 1 aromatic rings. The fourth-order valence-electron chi connectivity index (χ4n) is 2.43. The maximum Gasteiger partial charge on any atom is 0.236 e. The SMILES string of the molecule is Cc1cc(F)ccc1CN(C)CC(=O)N1CCNCC1.Cl. The first-order chi connectivity index (χ1) is 9.56. The summed E-state index contributed by atoms with van der Waals surface area (Å²) >= 11 is 0. The number of nitrogens with zero attached hydrogens (tertiary/aromatic N) is 2. The average Bonchev–Trinajstić information content (AvgIpc) is 2.43. The van der Waals surface area contributed by atoms with Gasteiger partial charge in [0.25, 0.3) is 0 Å². The molecule has 0 radical (unpaired) electrons. The lowest BCUT2D eigenvalue weighted by molar-refractivity contribution is -0.132. The molecular formula is C15H23ClFN3O. The number of carbonyl (C=O) groups is 1. The summed E-state index contributed by atoms with van der Waals surface area (Å²) in [7, 11) is 1.92. The zero-order valence-corrected chi connectivity index (χ0v) is 13.4. The van der Waals surface area contributed by atoms with Gasteiger partial charge in [-0.15, -0.1) is 12.4 Å². The second kappa shape index (κ2) is 8.32. The van der Waals surface area contributed by atoms with E-state index in [0.717, 1.165) is 37.3 Å². The normalized spacial score (nSPS) is 15.0. The Kier molecular flexibility index (Phi) is 7.08. The van der Waals surface area contributed by atoms with Crippen LogP contribution in [0.4, 0.5) is 4.39 Å². The van der Waals surface area contributed by atoms with Crippen LogP contribution >= 0.6 is 12.4 Å². The molecule has 1 aromatic carbocycles. The van der Waals surface area contributed by atoms with E-state index in [0.29, 0.717) is 13.1 Å². The fourth-order valence-corrected chi connectivity index (χ4v) is 2.43. The molecule has 1 N–H and O–H groups in total. The van der Waals surface area contributed by atoms with Gasteiger partial charge >= 0.3 is 0 Å². The first kappa shape index (κ1) is 17.9. The van der Waals surface area contributed by atoms with E-state index in [2.05, 4.69) is 5.32 Å². The molecule has 0 spiro atoms. The van der Waals surface area contributed by atoms with Crippen LogP contribution in [0.3, 0.4) is 0 Å². The van der Waals surface area contributed by atoms with Crippen LogP contribution in [0.1, 0.15) is 11.1 Å². The Labute approximate surface area is 131 Å². The van der Waals surface area contributed by atoms with Gasteiger partial charge in [0.1, 0.15) is 5.82 Å². The van der Waals surface area contributed by atoms with Crippen molar-refractivity contribution in [1.82, 2.24) is 15.1 Å². The third-order valence-electron chi connectivity index (χ3n) is 3.62. The van der Waals surface area contributed by atoms with Crippen LogP contribution in [0, 0.1) is 12.7 Å². The number of aryl methyl sites for hydroxylation is 1. The van der Waals surface area contributed by atoms with Crippen molar-refractivity contribution in [3.63, 3.8) is 0 Å². The molecule has 0 aromatic heterocycles. The molecule has 2 rings (SSSR count). The van der Waals surface area contributed by atoms with Crippen LogP contribution in [-0.2, 0) is 11.3 Å². The summed E-state index contributed by atoms with van der Waals surface area (Å²) < 4.78 is 13.1. The van der Waals surface area contributed by atoms with Crippen LogP contribution < -0.4 is 5.32 Å². The van der Waals surface area contributed by atoms with Gasteiger partial charge in [0, 0.05) is 32.7 Å². The molecule has 1 aliphatic rings. The van der Waals surface area contributed by atoms with Gasteiger partial charge in [0.05, 0.1) is 6.54 Å². The molecule has 0 unspecified atom stereocenters. The van der Waals surface area contributed by atoms with Crippen molar-refractivity contribution in [2.75, 3.05) is 39.8 Å². The number of hydrogen-bond acceptors (Lipinski definition) is 3. The van der Waals surface area contributed by atoms with Crippen molar-refractivity contribution in [1.29, 1.82) is 0 Å². The maximum absolute atomic E-state index is 13.1. The molecule has 6 heteroatoms. The minimum Gasteiger partial charge on any atom is -0.339 e. The van der Waals surface area contributed by atoms with Crippen molar-refractivity contribution >= 4 is 18.3 Å². The van der Waals surface area contributed by atoms with Crippen molar-refractivity contribution in [3.05, 3.63) is 35.1 Å². The quantitative estimate of drug-likeness (QED) is 0.913.